The van der Waals surface area contributed by atoms with Crippen LogP contribution in [0.5, 0.6) is 0 Å². The van der Waals surface area contributed by atoms with Crippen molar-refractivity contribution in [1.82, 2.24) is 14.8 Å². The number of pyridine rings is 1. The summed E-state index contributed by atoms with van der Waals surface area (Å²) in [4.78, 5) is 33.1. The van der Waals surface area contributed by atoms with Crippen LogP contribution in [0.15, 0.2) is 53.7 Å². The number of rotatable bonds is 5. The van der Waals surface area contributed by atoms with E-state index in [1.807, 2.05) is 12.1 Å². The van der Waals surface area contributed by atoms with E-state index in [0.29, 0.717) is 34.0 Å². The van der Waals surface area contributed by atoms with E-state index in [2.05, 4.69) is 15.1 Å². The van der Waals surface area contributed by atoms with Gasteiger partial charge in [-0.2, -0.15) is 5.10 Å². The van der Waals surface area contributed by atoms with Crippen molar-refractivity contribution in [2.45, 2.75) is 19.8 Å². The Balaban J connectivity index is 1.99. The predicted molar refractivity (Wildman–Crippen MR) is 114 cm³/mol. The predicted octanol–water partition coefficient (Wildman–Crippen LogP) is 3.81. The quantitative estimate of drug-likeness (QED) is 0.353. The first-order valence-electron chi connectivity index (χ1n) is 9.86. The number of aliphatic imine (C=N–C) groups is 1. The van der Waals surface area contributed by atoms with Gasteiger partial charge in [0.05, 0.1) is 17.2 Å². The lowest BCUT2D eigenvalue weighted by molar-refractivity contribution is -0.384. The van der Waals surface area contributed by atoms with Crippen molar-refractivity contribution in [2.24, 2.45) is 18.0 Å². The molecule has 0 N–H and O–H groups in total. The largest absolute Gasteiger partial charge is 0.465 e. The van der Waals surface area contributed by atoms with Crippen molar-refractivity contribution in [3.63, 3.8) is 0 Å². The molecular formula is C22H21N5O4. The van der Waals surface area contributed by atoms with Gasteiger partial charge in [-0.05, 0) is 31.5 Å². The molecule has 0 bridgehead atoms. The number of hydrogen-bond donors (Lipinski definition) is 0. The van der Waals surface area contributed by atoms with Crippen molar-refractivity contribution in [3.05, 3.63) is 69.9 Å². The minimum absolute atomic E-state index is 0.0508. The summed E-state index contributed by atoms with van der Waals surface area (Å²) in [6.07, 6.45) is 1.67. The number of non-ortho nitro benzene ring substituents is 1. The van der Waals surface area contributed by atoms with Gasteiger partial charge in [-0.25, -0.2) is 4.99 Å². The lowest BCUT2D eigenvalue weighted by Crippen LogP contribution is -2.33. The third-order valence-electron chi connectivity index (χ3n) is 5.32. The summed E-state index contributed by atoms with van der Waals surface area (Å²) in [7, 11) is 1.78. The first kappa shape index (κ1) is 20.4. The minimum atomic E-state index is -0.735. The second-order valence-electron chi connectivity index (χ2n) is 7.24. The van der Waals surface area contributed by atoms with Gasteiger partial charge >= 0.3 is 5.97 Å². The number of ether oxygens (including phenoxy) is 1. The SMILES string of the molecule is CCOC(=O)C1C(C)=Nc2c(c(-c3ccccn3)nn2C)C1c1cccc([N+](=O)[O-])c1. The second kappa shape index (κ2) is 8.10. The number of aryl methyl sites for hydroxylation is 1. The Kier molecular flexibility index (Phi) is 5.33. The summed E-state index contributed by atoms with van der Waals surface area (Å²) >= 11 is 0. The average Bonchev–Trinajstić information content (AvgIpc) is 3.09. The zero-order valence-electron chi connectivity index (χ0n) is 17.3. The topological polar surface area (TPSA) is 113 Å². The Morgan fingerprint density at radius 3 is 2.74 bits per heavy atom. The molecule has 158 valence electrons. The zero-order chi connectivity index (χ0) is 22.1. The molecule has 3 aromatic rings. The van der Waals surface area contributed by atoms with Crippen molar-refractivity contribution in [2.75, 3.05) is 6.61 Å². The van der Waals surface area contributed by atoms with Crippen LogP contribution in [-0.2, 0) is 16.6 Å². The molecule has 2 unspecified atom stereocenters. The summed E-state index contributed by atoms with van der Waals surface area (Å²) in [5, 5.41) is 16.1. The Bertz CT molecular complexity index is 1190. The molecular weight excluding hydrogens is 398 g/mol. The number of nitro groups is 1. The van der Waals surface area contributed by atoms with Crippen LogP contribution < -0.4 is 0 Å². The first-order valence-corrected chi connectivity index (χ1v) is 9.86. The minimum Gasteiger partial charge on any atom is -0.465 e. The lowest BCUT2D eigenvalue weighted by atomic mass is 9.76. The lowest BCUT2D eigenvalue weighted by Gasteiger charge is -2.30. The van der Waals surface area contributed by atoms with Crippen molar-refractivity contribution in [1.29, 1.82) is 0 Å². The fraction of sp³-hybridized carbons (Fsp3) is 0.273. The molecule has 0 fully saturated rings. The zero-order valence-corrected chi connectivity index (χ0v) is 17.3. The van der Waals surface area contributed by atoms with Gasteiger partial charge in [0.1, 0.15) is 11.6 Å². The maximum Gasteiger partial charge on any atom is 0.315 e. The maximum atomic E-state index is 13.0. The number of carbonyl (C=O) groups excluding carboxylic acids is 1. The van der Waals surface area contributed by atoms with E-state index in [4.69, 9.17) is 4.74 Å². The van der Waals surface area contributed by atoms with Crippen LogP contribution in [0, 0.1) is 16.0 Å². The number of fused-ring (bicyclic) bond motifs is 1. The van der Waals surface area contributed by atoms with Gasteiger partial charge in [-0.3, -0.25) is 24.6 Å². The molecule has 1 aliphatic rings. The van der Waals surface area contributed by atoms with E-state index < -0.39 is 22.7 Å². The Morgan fingerprint density at radius 2 is 2.06 bits per heavy atom. The second-order valence-corrected chi connectivity index (χ2v) is 7.24. The molecule has 4 rings (SSSR count). The van der Waals surface area contributed by atoms with Gasteiger partial charge in [0.25, 0.3) is 5.69 Å². The molecule has 31 heavy (non-hydrogen) atoms. The van der Waals surface area contributed by atoms with E-state index in [1.165, 1.54) is 12.1 Å². The van der Waals surface area contributed by atoms with Gasteiger partial charge in [-0.1, -0.05) is 18.2 Å². The van der Waals surface area contributed by atoms with E-state index in [0.717, 1.165) is 0 Å². The van der Waals surface area contributed by atoms with Crippen LogP contribution >= 0.6 is 0 Å². The molecule has 2 atom stereocenters. The highest BCUT2D eigenvalue weighted by Crippen LogP contribution is 2.47. The Hall–Kier alpha value is -3.88. The molecule has 1 aliphatic heterocycles. The van der Waals surface area contributed by atoms with E-state index in [9.17, 15) is 14.9 Å². The van der Waals surface area contributed by atoms with E-state index in [-0.39, 0.29) is 12.3 Å². The monoisotopic (exact) mass is 419 g/mol. The molecule has 9 heteroatoms. The van der Waals surface area contributed by atoms with E-state index in [1.54, 1.807) is 50.0 Å². The molecule has 2 aromatic heterocycles. The number of nitro benzene ring substituents is 1. The fourth-order valence-electron chi connectivity index (χ4n) is 4.02. The van der Waals surface area contributed by atoms with Crippen LogP contribution in [0.4, 0.5) is 11.5 Å². The Morgan fingerprint density at radius 1 is 1.26 bits per heavy atom. The molecule has 0 aliphatic carbocycles. The molecule has 0 radical (unpaired) electrons. The summed E-state index contributed by atoms with van der Waals surface area (Å²) in [5.41, 5.74) is 3.05. The van der Waals surface area contributed by atoms with Crippen molar-refractivity contribution < 1.29 is 14.5 Å². The van der Waals surface area contributed by atoms with E-state index >= 15 is 0 Å². The van der Waals surface area contributed by atoms with Gasteiger partial charge in [-0.15, -0.1) is 0 Å². The first-order chi connectivity index (χ1) is 14.9. The van der Waals surface area contributed by atoms with Crippen molar-refractivity contribution >= 4 is 23.2 Å². The number of esters is 1. The molecule has 1 aromatic carbocycles. The third kappa shape index (κ3) is 3.58. The molecule has 0 saturated heterocycles. The third-order valence-corrected chi connectivity index (χ3v) is 5.32. The average molecular weight is 419 g/mol. The van der Waals surface area contributed by atoms with Crippen molar-refractivity contribution in [3.8, 4) is 11.4 Å². The fourth-order valence-corrected chi connectivity index (χ4v) is 4.02. The number of benzene rings is 1. The smallest absolute Gasteiger partial charge is 0.315 e. The normalized spacial score (nSPS) is 17.6. The molecule has 9 nitrogen and oxygen atoms in total. The van der Waals surface area contributed by atoms with Gasteiger partial charge < -0.3 is 4.74 Å². The molecule has 3 heterocycles. The standard InChI is InChI=1S/C22H21N5O4/c1-4-31-22(28)17-13(2)24-21-19(18(17)14-8-7-9-15(12-14)27(29)30)20(25-26(21)3)16-10-5-6-11-23-16/h5-12,17-18H,4H2,1-3H3. The number of aromatic nitrogens is 3. The van der Waals surface area contributed by atoms with Crippen LogP contribution in [0.2, 0.25) is 0 Å². The number of carbonyl (C=O) groups is 1. The molecule has 0 saturated carbocycles. The highest BCUT2D eigenvalue weighted by atomic mass is 16.6. The highest BCUT2D eigenvalue weighted by molar-refractivity contribution is 6.05. The number of hydrogen-bond acceptors (Lipinski definition) is 7. The summed E-state index contributed by atoms with van der Waals surface area (Å²) in [6, 6.07) is 11.8. The van der Waals surface area contributed by atoms with Crippen LogP contribution in [-0.4, -0.2) is 38.0 Å². The highest BCUT2D eigenvalue weighted by Gasteiger charge is 2.42. The molecule has 0 amide bonds. The van der Waals surface area contributed by atoms with Crippen LogP contribution in [0.1, 0.15) is 30.9 Å². The van der Waals surface area contributed by atoms with Gasteiger partial charge in [0.15, 0.2) is 5.82 Å². The Labute approximate surface area is 178 Å². The van der Waals surface area contributed by atoms with Crippen LogP contribution in [0.25, 0.3) is 11.4 Å². The van der Waals surface area contributed by atoms with Gasteiger partial charge in [0.2, 0.25) is 0 Å². The summed E-state index contributed by atoms with van der Waals surface area (Å²) in [5.74, 6) is -1.13. The maximum absolute atomic E-state index is 13.0. The summed E-state index contributed by atoms with van der Waals surface area (Å²) in [6.45, 7) is 3.73. The molecule has 0 spiro atoms. The summed E-state index contributed by atoms with van der Waals surface area (Å²) < 4.78 is 7.00. The van der Waals surface area contributed by atoms with Crippen LogP contribution in [0.3, 0.4) is 0 Å². The number of nitrogens with zero attached hydrogens (tertiary/aromatic N) is 5. The van der Waals surface area contributed by atoms with Gasteiger partial charge in [0, 0.05) is 42.6 Å².